The smallest absolute Gasteiger partial charge is 0.339 e. The van der Waals surface area contributed by atoms with Crippen LogP contribution in [0.1, 0.15) is 59.3 Å². The molecule has 0 bridgehead atoms. The Kier molecular flexibility index (Phi) is 4.71. The zero-order chi connectivity index (χ0) is 19.3. The lowest BCUT2D eigenvalue weighted by Gasteiger charge is -2.16. The number of aromatic carboxylic acids is 1. The standard InChI is InChI=1S/C16H22O5/c1-3-12(9-8-11(2)17)10-21-16(20)14-7-5-4-6-13(14)15(18)19/h4-7,11-12,17H,3,8-10H2,1-2H3,(H,18,19)/i4D,5D,6D,7D. The van der Waals surface area contributed by atoms with Crippen LogP contribution in [0.2, 0.25) is 0 Å². The van der Waals surface area contributed by atoms with E-state index >= 15 is 0 Å². The Labute approximate surface area is 130 Å². The average molecular weight is 298 g/mol. The summed E-state index contributed by atoms with van der Waals surface area (Å²) >= 11 is 0. The minimum atomic E-state index is -1.62. The summed E-state index contributed by atoms with van der Waals surface area (Å²) < 4.78 is 35.7. The second-order valence-electron chi connectivity index (χ2n) is 4.85. The molecule has 0 aliphatic heterocycles. The molecule has 0 saturated heterocycles. The first-order chi connectivity index (χ1) is 11.6. The largest absolute Gasteiger partial charge is 0.478 e. The second kappa shape index (κ2) is 8.42. The number of aliphatic hydroxyl groups excluding tert-OH is 1. The summed E-state index contributed by atoms with van der Waals surface area (Å²) in [5.41, 5.74) is -1.48. The van der Waals surface area contributed by atoms with E-state index in [0.717, 1.165) is 0 Å². The predicted molar refractivity (Wildman–Crippen MR) is 78.4 cm³/mol. The molecule has 0 aliphatic rings. The number of hydrogen-bond donors (Lipinski definition) is 2. The van der Waals surface area contributed by atoms with E-state index in [1.165, 1.54) is 0 Å². The fourth-order valence-electron chi connectivity index (χ4n) is 1.77. The maximum atomic E-state index is 12.3. The fourth-order valence-corrected chi connectivity index (χ4v) is 1.77. The van der Waals surface area contributed by atoms with Crippen molar-refractivity contribution in [1.82, 2.24) is 0 Å². The van der Waals surface area contributed by atoms with Gasteiger partial charge in [-0.25, -0.2) is 9.59 Å². The van der Waals surface area contributed by atoms with Gasteiger partial charge >= 0.3 is 11.9 Å². The van der Waals surface area contributed by atoms with Crippen molar-refractivity contribution in [1.29, 1.82) is 0 Å². The highest BCUT2D eigenvalue weighted by Crippen LogP contribution is 2.16. The van der Waals surface area contributed by atoms with Gasteiger partial charge in [-0.15, -0.1) is 0 Å². The molecule has 1 aromatic carbocycles. The molecule has 5 nitrogen and oxygen atoms in total. The van der Waals surface area contributed by atoms with E-state index in [-0.39, 0.29) is 12.5 Å². The molecule has 0 heterocycles. The third kappa shape index (κ3) is 5.55. The summed E-state index contributed by atoms with van der Waals surface area (Å²) in [5, 5.41) is 18.5. The van der Waals surface area contributed by atoms with Crippen molar-refractivity contribution in [2.75, 3.05) is 6.61 Å². The molecule has 0 amide bonds. The van der Waals surface area contributed by atoms with E-state index in [0.29, 0.717) is 19.3 Å². The first kappa shape index (κ1) is 11.7. The van der Waals surface area contributed by atoms with Crippen LogP contribution in [0.3, 0.4) is 0 Å². The summed E-state index contributed by atoms with van der Waals surface area (Å²) in [6.07, 6.45) is 1.34. The SMILES string of the molecule is [2H]c1c([2H])c([2H])c(C(=O)OCC(CC)CCC(C)O)c(C(=O)O)c1[2H]. The van der Waals surface area contributed by atoms with Crippen molar-refractivity contribution in [3.63, 3.8) is 0 Å². The minimum absolute atomic E-state index is 0.0240. The Morgan fingerprint density at radius 1 is 1.29 bits per heavy atom. The Hall–Kier alpha value is -1.88. The van der Waals surface area contributed by atoms with Gasteiger partial charge in [0.1, 0.15) is 0 Å². The van der Waals surface area contributed by atoms with Gasteiger partial charge in [0.2, 0.25) is 0 Å². The van der Waals surface area contributed by atoms with Crippen molar-refractivity contribution in [2.24, 2.45) is 5.92 Å². The molecule has 2 N–H and O–H groups in total. The maximum absolute atomic E-state index is 12.3. The quantitative estimate of drug-likeness (QED) is 0.721. The van der Waals surface area contributed by atoms with Crippen LogP contribution in [-0.4, -0.2) is 34.9 Å². The number of rotatable bonds is 8. The molecular weight excluding hydrogens is 272 g/mol. The van der Waals surface area contributed by atoms with Crippen LogP contribution in [0.5, 0.6) is 0 Å². The number of benzene rings is 1. The molecule has 0 radical (unpaired) electrons. The van der Waals surface area contributed by atoms with Gasteiger partial charge in [0.05, 0.1) is 29.3 Å². The topological polar surface area (TPSA) is 83.8 Å². The lowest BCUT2D eigenvalue weighted by atomic mass is 9.99. The molecule has 0 aliphatic carbocycles. The van der Waals surface area contributed by atoms with Crippen LogP contribution >= 0.6 is 0 Å². The minimum Gasteiger partial charge on any atom is -0.478 e. The Morgan fingerprint density at radius 2 is 1.90 bits per heavy atom. The number of carbonyl (C=O) groups is 2. The highest BCUT2D eigenvalue weighted by molar-refractivity contribution is 6.02. The molecule has 116 valence electrons. The first-order valence-electron chi connectivity index (χ1n) is 8.80. The molecule has 2 atom stereocenters. The summed E-state index contributed by atoms with van der Waals surface area (Å²) in [4.78, 5) is 23.6. The maximum Gasteiger partial charge on any atom is 0.339 e. The van der Waals surface area contributed by atoms with E-state index < -0.39 is 53.3 Å². The van der Waals surface area contributed by atoms with E-state index in [1.54, 1.807) is 6.92 Å². The third-order valence-electron chi connectivity index (χ3n) is 3.13. The Balaban J connectivity index is 3.07. The summed E-state index contributed by atoms with van der Waals surface area (Å²) in [6.45, 7) is 3.51. The van der Waals surface area contributed by atoms with E-state index in [4.69, 9.17) is 10.2 Å². The highest BCUT2D eigenvalue weighted by Gasteiger charge is 2.18. The number of aliphatic hydroxyl groups is 1. The molecule has 5 heteroatoms. The van der Waals surface area contributed by atoms with Crippen molar-refractivity contribution < 1.29 is 30.0 Å². The lowest BCUT2D eigenvalue weighted by Crippen LogP contribution is -2.17. The van der Waals surface area contributed by atoms with Crippen LogP contribution < -0.4 is 0 Å². The summed E-state index contributed by atoms with van der Waals surface area (Å²) in [7, 11) is 0. The van der Waals surface area contributed by atoms with E-state index in [9.17, 15) is 19.8 Å². The fraction of sp³-hybridized carbons (Fsp3) is 0.500. The highest BCUT2D eigenvalue weighted by atomic mass is 16.5. The first-order valence-corrected chi connectivity index (χ1v) is 6.80. The number of ether oxygens (including phenoxy) is 1. The van der Waals surface area contributed by atoms with E-state index in [2.05, 4.69) is 0 Å². The van der Waals surface area contributed by atoms with Gasteiger partial charge in [-0.1, -0.05) is 25.4 Å². The van der Waals surface area contributed by atoms with Crippen molar-refractivity contribution in [2.45, 2.75) is 39.2 Å². The third-order valence-corrected chi connectivity index (χ3v) is 3.13. The van der Waals surface area contributed by atoms with Gasteiger partial charge in [-0.05, 0) is 37.8 Å². The average Bonchev–Trinajstić information content (AvgIpc) is 2.55. The number of carboxylic acid groups (broad SMARTS) is 1. The van der Waals surface area contributed by atoms with Crippen LogP contribution in [0, 0.1) is 5.92 Å². The zero-order valence-corrected chi connectivity index (χ0v) is 12.1. The van der Waals surface area contributed by atoms with Gasteiger partial charge in [0.25, 0.3) is 0 Å². The Bertz CT molecular complexity index is 661. The van der Waals surface area contributed by atoms with Gasteiger partial charge in [0, 0.05) is 0 Å². The van der Waals surface area contributed by atoms with Crippen molar-refractivity contribution in [3.05, 3.63) is 35.3 Å². The van der Waals surface area contributed by atoms with Crippen LogP contribution in [0.4, 0.5) is 0 Å². The Morgan fingerprint density at radius 3 is 2.43 bits per heavy atom. The van der Waals surface area contributed by atoms with Crippen molar-refractivity contribution >= 4 is 11.9 Å². The summed E-state index contributed by atoms with van der Waals surface area (Å²) in [5.74, 6) is -2.76. The molecule has 0 saturated carbocycles. The normalized spacial score (nSPS) is 16.1. The molecule has 0 fully saturated rings. The van der Waals surface area contributed by atoms with E-state index in [1.807, 2.05) is 6.92 Å². The van der Waals surface area contributed by atoms with Gasteiger partial charge in [0.15, 0.2) is 0 Å². The number of hydrogen-bond acceptors (Lipinski definition) is 4. The van der Waals surface area contributed by atoms with Crippen molar-refractivity contribution in [3.8, 4) is 0 Å². The second-order valence-corrected chi connectivity index (χ2v) is 4.85. The molecule has 0 spiro atoms. The van der Waals surface area contributed by atoms with Gasteiger partial charge in [-0.2, -0.15) is 0 Å². The summed E-state index contributed by atoms with van der Waals surface area (Å²) in [6, 6.07) is -2.94. The lowest BCUT2D eigenvalue weighted by molar-refractivity contribution is 0.0411. The number of esters is 1. The zero-order valence-electron chi connectivity index (χ0n) is 16.1. The number of carbonyl (C=O) groups excluding carboxylic acids is 1. The molecular formula is C16H22O5. The molecule has 21 heavy (non-hydrogen) atoms. The molecule has 1 rings (SSSR count). The number of carboxylic acids is 1. The monoisotopic (exact) mass is 298 g/mol. The molecule has 0 aromatic heterocycles. The van der Waals surface area contributed by atoms with Gasteiger partial charge in [-0.3, -0.25) is 0 Å². The van der Waals surface area contributed by atoms with Crippen LogP contribution in [-0.2, 0) is 4.74 Å². The molecule has 1 aromatic rings. The van der Waals surface area contributed by atoms with Crippen LogP contribution in [0.15, 0.2) is 24.2 Å². The molecule has 2 unspecified atom stereocenters. The van der Waals surface area contributed by atoms with Crippen LogP contribution in [0.25, 0.3) is 0 Å². The van der Waals surface area contributed by atoms with Gasteiger partial charge < -0.3 is 14.9 Å². The predicted octanol–water partition coefficient (Wildman–Crippen LogP) is 2.73.